The number of non-ortho nitro benzene ring substituents is 1. The highest BCUT2D eigenvalue weighted by Crippen LogP contribution is 2.36. The lowest BCUT2D eigenvalue weighted by molar-refractivity contribution is -0.384. The molecule has 1 aliphatic heterocycles. The number of hydrogen-bond donors (Lipinski definition) is 0. The maximum atomic E-state index is 10.9. The molecule has 1 heterocycles. The summed E-state index contributed by atoms with van der Waals surface area (Å²) < 4.78 is 0. The molecule has 1 aromatic carbocycles. The molecule has 4 nitrogen and oxygen atoms in total. The van der Waals surface area contributed by atoms with Gasteiger partial charge in [-0.25, -0.2) is 0 Å². The molecule has 0 unspecified atom stereocenters. The number of rotatable bonds is 2. The van der Waals surface area contributed by atoms with E-state index in [9.17, 15) is 10.1 Å². The van der Waals surface area contributed by atoms with E-state index in [1.807, 2.05) is 6.07 Å². The van der Waals surface area contributed by atoms with E-state index < -0.39 is 0 Å². The molecule has 18 heavy (non-hydrogen) atoms. The molecule has 0 N–H and O–H groups in total. The molecule has 0 atom stereocenters. The van der Waals surface area contributed by atoms with Crippen molar-refractivity contribution in [3.05, 3.63) is 33.9 Å². The second kappa shape index (κ2) is 4.59. The molecule has 0 bridgehead atoms. The minimum atomic E-state index is -0.294. The number of fused-ring (bicyclic) bond motifs is 1. The Hall–Kier alpha value is -1.58. The second-order valence-corrected chi connectivity index (χ2v) is 5.31. The van der Waals surface area contributed by atoms with Gasteiger partial charge < -0.3 is 4.90 Å². The summed E-state index contributed by atoms with van der Waals surface area (Å²) in [5.74, 6) is 0. The van der Waals surface area contributed by atoms with Gasteiger partial charge in [-0.05, 0) is 24.8 Å². The van der Waals surface area contributed by atoms with E-state index in [0.29, 0.717) is 6.04 Å². The fourth-order valence-corrected chi connectivity index (χ4v) is 3.28. The Balaban J connectivity index is 1.89. The monoisotopic (exact) mass is 246 g/mol. The third kappa shape index (κ3) is 1.96. The van der Waals surface area contributed by atoms with Gasteiger partial charge in [0.1, 0.15) is 0 Å². The first-order valence-electron chi connectivity index (χ1n) is 6.79. The molecular formula is C14H18N2O2. The van der Waals surface area contributed by atoms with E-state index in [2.05, 4.69) is 4.90 Å². The zero-order chi connectivity index (χ0) is 12.5. The zero-order valence-corrected chi connectivity index (χ0v) is 10.5. The smallest absolute Gasteiger partial charge is 0.271 e. The minimum Gasteiger partial charge on any atom is -0.368 e. The van der Waals surface area contributed by atoms with Gasteiger partial charge in [-0.1, -0.05) is 25.3 Å². The van der Waals surface area contributed by atoms with Crippen molar-refractivity contribution in [2.75, 3.05) is 11.4 Å². The lowest BCUT2D eigenvalue weighted by Crippen LogP contribution is -2.35. The van der Waals surface area contributed by atoms with Gasteiger partial charge in [0, 0.05) is 30.4 Å². The number of nitrogens with zero attached hydrogens (tertiary/aromatic N) is 2. The summed E-state index contributed by atoms with van der Waals surface area (Å²) in [5, 5.41) is 10.9. The Labute approximate surface area is 107 Å². The summed E-state index contributed by atoms with van der Waals surface area (Å²) in [4.78, 5) is 13.0. The number of anilines is 1. The van der Waals surface area contributed by atoms with Gasteiger partial charge in [0.15, 0.2) is 0 Å². The first-order valence-corrected chi connectivity index (χ1v) is 6.79. The minimum absolute atomic E-state index is 0.219. The standard InChI is InChI=1S/C14H18N2O2/c17-16(18)13-7-6-11-8-9-15(14(11)10-13)12-4-2-1-3-5-12/h6-7,10,12H,1-5,8-9H2. The van der Waals surface area contributed by atoms with Crippen molar-refractivity contribution < 1.29 is 4.92 Å². The topological polar surface area (TPSA) is 46.4 Å². The molecule has 1 saturated carbocycles. The van der Waals surface area contributed by atoms with Crippen LogP contribution < -0.4 is 4.90 Å². The van der Waals surface area contributed by atoms with Gasteiger partial charge in [-0.2, -0.15) is 0 Å². The fraction of sp³-hybridized carbons (Fsp3) is 0.571. The number of hydrogen-bond acceptors (Lipinski definition) is 3. The van der Waals surface area contributed by atoms with Gasteiger partial charge in [-0.3, -0.25) is 10.1 Å². The number of nitro benzene ring substituents is 1. The molecular weight excluding hydrogens is 228 g/mol. The van der Waals surface area contributed by atoms with Crippen LogP contribution >= 0.6 is 0 Å². The van der Waals surface area contributed by atoms with Crippen molar-refractivity contribution in [2.24, 2.45) is 0 Å². The third-order valence-corrected chi connectivity index (χ3v) is 4.23. The van der Waals surface area contributed by atoms with Crippen LogP contribution in [0.1, 0.15) is 37.7 Å². The summed E-state index contributed by atoms with van der Waals surface area (Å²) in [6.45, 7) is 1.03. The summed E-state index contributed by atoms with van der Waals surface area (Å²) in [6, 6.07) is 5.91. The quantitative estimate of drug-likeness (QED) is 0.594. The molecule has 3 rings (SSSR count). The Morgan fingerprint density at radius 1 is 1.22 bits per heavy atom. The van der Waals surface area contributed by atoms with Crippen LogP contribution in [0.2, 0.25) is 0 Å². The molecule has 0 amide bonds. The third-order valence-electron chi connectivity index (χ3n) is 4.23. The van der Waals surface area contributed by atoms with E-state index in [-0.39, 0.29) is 10.6 Å². The molecule has 1 aromatic rings. The van der Waals surface area contributed by atoms with Crippen molar-refractivity contribution in [3.63, 3.8) is 0 Å². The Bertz CT molecular complexity index is 467. The van der Waals surface area contributed by atoms with Crippen LogP contribution in [0.5, 0.6) is 0 Å². The average Bonchev–Trinajstić information content (AvgIpc) is 2.82. The fourth-order valence-electron chi connectivity index (χ4n) is 3.28. The summed E-state index contributed by atoms with van der Waals surface area (Å²) in [7, 11) is 0. The van der Waals surface area contributed by atoms with Crippen LogP contribution in [0.25, 0.3) is 0 Å². The van der Waals surface area contributed by atoms with Crippen LogP contribution in [0, 0.1) is 10.1 Å². The van der Waals surface area contributed by atoms with E-state index in [1.165, 1.54) is 37.7 Å². The zero-order valence-electron chi connectivity index (χ0n) is 10.5. The number of nitro groups is 1. The highest BCUT2D eigenvalue weighted by molar-refractivity contribution is 5.63. The molecule has 0 radical (unpaired) electrons. The largest absolute Gasteiger partial charge is 0.368 e. The Kier molecular flexibility index (Phi) is 2.94. The first-order chi connectivity index (χ1) is 8.75. The Morgan fingerprint density at radius 2 is 2.00 bits per heavy atom. The lowest BCUT2D eigenvalue weighted by atomic mass is 9.94. The lowest BCUT2D eigenvalue weighted by Gasteiger charge is -2.33. The molecule has 1 aliphatic carbocycles. The molecule has 96 valence electrons. The van der Waals surface area contributed by atoms with Crippen LogP contribution in [-0.2, 0) is 6.42 Å². The average molecular weight is 246 g/mol. The van der Waals surface area contributed by atoms with Crippen LogP contribution in [0.4, 0.5) is 11.4 Å². The highest BCUT2D eigenvalue weighted by atomic mass is 16.6. The van der Waals surface area contributed by atoms with Crippen molar-refractivity contribution in [1.82, 2.24) is 0 Å². The first kappa shape index (κ1) is 11.5. The maximum Gasteiger partial charge on any atom is 0.271 e. The van der Waals surface area contributed by atoms with Crippen molar-refractivity contribution >= 4 is 11.4 Å². The predicted molar refractivity (Wildman–Crippen MR) is 71.0 cm³/mol. The molecule has 0 saturated heterocycles. The normalized spacial score (nSPS) is 19.9. The van der Waals surface area contributed by atoms with Crippen molar-refractivity contribution in [2.45, 2.75) is 44.6 Å². The van der Waals surface area contributed by atoms with Gasteiger partial charge in [0.2, 0.25) is 0 Å². The van der Waals surface area contributed by atoms with Crippen molar-refractivity contribution in [1.29, 1.82) is 0 Å². The summed E-state index contributed by atoms with van der Waals surface area (Å²) in [6.07, 6.45) is 7.44. The van der Waals surface area contributed by atoms with Gasteiger partial charge in [-0.15, -0.1) is 0 Å². The SMILES string of the molecule is O=[N+]([O-])c1ccc2c(c1)N(C1CCCCC1)CC2. The van der Waals surface area contributed by atoms with Gasteiger partial charge >= 0.3 is 0 Å². The summed E-state index contributed by atoms with van der Waals surface area (Å²) in [5.41, 5.74) is 2.60. The summed E-state index contributed by atoms with van der Waals surface area (Å²) >= 11 is 0. The van der Waals surface area contributed by atoms with Crippen LogP contribution in [0.15, 0.2) is 18.2 Å². The second-order valence-electron chi connectivity index (χ2n) is 5.31. The number of benzene rings is 1. The molecule has 1 fully saturated rings. The van der Waals surface area contributed by atoms with E-state index in [1.54, 1.807) is 12.1 Å². The van der Waals surface area contributed by atoms with E-state index >= 15 is 0 Å². The van der Waals surface area contributed by atoms with Gasteiger partial charge in [0.05, 0.1) is 4.92 Å². The predicted octanol–water partition coefficient (Wildman–Crippen LogP) is 3.29. The molecule has 2 aliphatic rings. The van der Waals surface area contributed by atoms with Crippen molar-refractivity contribution in [3.8, 4) is 0 Å². The van der Waals surface area contributed by atoms with Crippen LogP contribution in [-0.4, -0.2) is 17.5 Å². The Morgan fingerprint density at radius 3 is 2.72 bits per heavy atom. The molecule has 0 spiro atoms. The van der Waals surface area contributed by atoms with Crippen LogP contribution in [0.3, 0.4) is 0 Å². The van der Waals surface area contributed by atoms with E-state index in [4.69, 9.17) is 0 Å². The van der Waals surface area contributed by atoms with E-state index in [0.717, 1.165) is 18.7 Å². The highest BCUT2D eigenvalue weighted by Gasteiger charge is 2.28. The maximum absolute atomic E-state index is 10.9. The van der Waals surface area contributed by atoms with Gasteiger partial charge in [0.25, 0.3) is 5.69 Å². The molecule has 0 aromatic heterocycles. The molecule has 4 heteroatoms.